The standard InChI is InChI=1S/C20H15F3N4/c21-20(22,23)18-6-4-5-15(9-18)12-26-13-16(10-24-26)17-11-25-27(14-17)19-7-2-1-3-8-19/h1-11,13-14H,12H2. The number of nitrogens with zero attached hydrogens (tertiary/aromatic N) is 4. The van der Waals surface area contributed by atoms with Crippen molar-refractivity contribution in [2.24, 2.45) is 0 Å². The number of alkyl halides is 3. The Morgan fingerprint density at radius 3 is 2.33 bits per heavy atom. The molecule has 0 saturated heterocycles. The molecule has 7 heteroatoms. The first-order chi connectivity index (χ1) is 13.0. The number of halogens is 3. The lowest BCUT2D eigenvalue weighted by Gasteiger charge is -2.08. The number of para-hydroxylation sites is 1. The van der Waals surface area contributed by atoms with Crippen molar-refractivity contribution in [3.63, 3.8) is 0 Å². The first kappa shape index (κ1) is 17.1. The Morgan fingerprint density at radius 1 is 0.815 bits per heavy atom. The monoisotopic (exact) mass is 368 g/mol. The molecule has 0 aliphatic heterocycles. The molecule has 2 aromatic heterocycles. The maximum Gasteiger partial charge on any atom is 0.416 e. The van der Waals surface area contributed by atoms with E-state index in [1.165, 1.54) is 6.07 Å². The Morgan fingerprint density at radius 2 is 1.56 bits per heavy atom. The molecule has 0 radical (unpaired) electrons. The lowest BCUT2D eigenvalue weighted by molar-refractivity contribution is -0.137. The summed E-state index contributed by atoms with van der Waals surface area (Å²) in [7, 11) is 0. The van der Waals surface area contributed by atoms with Gasteiger partial charge in [-0.15, -0.1) is 0 Å². The van der Waals surface area contributed by atoms with Gasteiger partial charge >= 0.3 is 6.18 Å². The third-order valence-corrected chi connectivity index (χ3v) is 4.17. The predicted octanol–water partition coefficient (Wildman–Crippen LogP) is 4.80. The molecule has 4 nitrogen and oxygen atoms in total. The van der Waals surface area contributed by atoms with Gasteiger partial charge in [0.25, 0.3) is 0 Å². The second kappa shape index (κ2) is 6.75. The highest BCUT2D eigenvalue weighted by Crippen LogP contribution is 2.29. The third kappa shape index (κ3) is 3.76. The van der Waals surface area contributed by atoms with Gasteiger partial charge in [-0.25, -0.2) is 4.68 Å². The summed E-state index contributed by atoms with van der Waals surface area (Å²) >= 11 is 0. The van der Waals surface area contributed by atoms with Crippen LogP contribution in [0.5, 0.6) is 0 Å². The van der Waals surface area contributed by atoms with Gasteiger partial charge in [-0.2, -0.15) is 23.4 Å². The maximum absolute atomic E-state index is 12.8. The predicted molar refractivity (Wildman–Crippen MR) is 95.3 cm³/mol. The fourth-order valence-electron chi connectivity index (χ4n) is 2.83. The average Bonchev–Trinajstić information content (AvgIpc) is 3.31. The molecule has 0 unspecified atom stereocenters. The van der Waals surface area contributed by atoms with E-state index in [1.54, 1.807) is 34.0 Å². The van der Waals surface area contributed by atoms with Crippen LogP contribution >= 0.6 is 0 Å². The summed E-state index contributed by atoms with van der Waals surface area (Å²) in [5, 5.41) is 8.61. The van der Waals surface area contributed by atoms with E-state index < -0.39 is 11.7 Å². The summed E-state index contributed by atoms with van der Waals surface area (Å²) in [5.74, 6) is 0. The van der Waals surface area contributed by atoms with Crippen molar-refractivity contribution in [2.45, 2.75) is 12.7 Å². The third-order valence-electron chi connectivity index (χ3n) is 4.17. The zero-order valence-electron chi connectivity index (χ0n) is 14.1. The highest BCUT2D eigenvalue weighted by molar-refractivity contribution is 5.60. The topological polar surface area (TPSA) is 35.6 Å². The van der Waals surface area contributed by atoms with Crippen molar-refractivity contribution in [3.8, 4) is 16.8 Å². The first-order valence-electron chi connectivity index (χ1n) is 8.28. The lowest BCUT2D eigenvalue weighted by Crippen LogP contribution is -2.07. The van der Waals surface area contributed by atoms with Gasteiger partial charge in [0.1, 0.15) is 0 Å². The fourth-order valence-corrected chi connectivity index (χ4v) is 2.83. The minimum atomic E-state index is -4.35. The van der Waals surface area contributed by atoms with Crippen LogP contribution in [-0.2, 0) is 12.7 Å². The minimum Gasteiger partial charge on any atom is -0.268 e. The molecule has 2 heterocycles. The maximum atomic E-state index is 12.8. The molecule has 2 aromatic carbocycles. The minimum absolute atomic E-state index is 0.261. The molecule has 4 aromatic rings. The zero-order valence-corrected chi connectivity index (χ0v) is 14.1. The number of benzene rings is 2. The van der Waals surface area contributed by atoms with Crippen LogP contribution in [0, 0.1) is 0 Å². The van der Waals surface area contributed by atoms with Gasteiger partial charge in [0, 0.05) is 23.5 Å². The molecule has 0 amide bonds. The van der Waals surface area contributed by atoms with Crippen molar-refractivity contribution < 1.29 is 13.2 Å². The van der Waals surface area contributed by atoms with Crippen molar-refractivity contribution >= 4 is 0 Å². The summed E-state index contributed by atoms with van der Waals surface area (Å²) in [5.41, 5.74) is 2.56. The van der Waals surface area contributed by atoms with Gasteiger partial charge in [0.15, 0.2) is 0 Å². The molecule has 0 atom stereocenters. The van der Waals surface area contributed by atoms with E-state index in [4.69, 9.17) is 0 Å². The number of aromatic nitrogens is 4. The number of hydrogen-bond acceptors (Lipinski definition) is 2. The molecule has 0 saturated carbocycles. The van der Waals surface area contributed by atoms with E-state index in [0.717, 1.165) is 28.9 Å². The molecule has 0 aliphatic carbocycles. The summed E-state index contributed by atoms with van der Waals surface area (Å²) < 4.78 is 41.9. The molecule has 0 bridgehead atoms. The summed E-state index contributed by atoms with van der Waals surface area (Å²) in [6.45, 7) is 0.261. The largest absolute Gasteiger partial charge is 0.416 e. The Kier molecular flexibility index (Phi) is 4.27. The number of rotatable bonds is 4. The molecule has 4 rings (SSSR count). The van der Waals surface area contributed by atoms with E-state index >= 15 is 0 Å². The van der Waals surface area contributed by atoms with E-state index in [-0.39, 0.29) is 6.54 Å². The van der Waals surface area contributed by atoms with Crippen LogP contribution in [0.4, 0.5) is 13.2 Å². The van der Waals surface area contributed by atoms with Crippen molar-refractivity contribution in [3.05, 3.63) is 90.5 Å². The van der Waals surface area contributed by atoms with Crippen molar-refractivity contribution in [1.29, 1.82) is 0 Å². The molecular formula is C20H15F3N4. The van der Waals surface area contributed by atoms with Gasteiger partial charge in [-0.05, 0) is 29.8 Å². The Bertz CT molecular complexity index is 1050. The molecule has 136 valence electrons. The Labute approximate surface area is 153 Å². The van der Waals surface area contributed by atoms with E-state index in [2.05, 4.69) is 10.2 Å². The summed E-state index contributed by atoms with van der Waals surface area (Å²) in [6.07, 6.45) is 2.75. The SMILES string of the molecule is FC(F)(F)c1cccc(Cn2cc(-c3cnn(-c4ccccc4)c3)cn2)c1. The van der Waals surface area contributed by atoms with Gasteiger partial charge in [0.05, 0.1) is 30.2 Å². The van der Waals surface area contributed by atoms with Crippen LogP contribution in [0.2, 0.25) is 0 Å². The molecule has 27 heavy (non-hydrogen) atoms. The highest BCUT2D eigenvalue weighted by Gasteiger charge is 2.30. The van der Waals surface area contributed by atoms with Gasteiger partial charge in [-0.1, -0.05) is 30.3 Å². The smallest absolute Gasteiger partial charge is 0.268 e. The summed E-state index contributed by atoms with van der Waals surface area (Å²) in [4.78, 5) is 0. The zero-order chi connectivity index (χ0) is 18.9. The quantitative estimate of drug-likeness (QED) is 0.519. The molecule has 0 aliphatic rings. The van der Waals surface area contributed by atoms with E-state index in [1.807, 2.05) is 36.5 Å². The second-order valence-electron chi connectivity index (χ2n) is 6.13. The van der Waals surface area contributed by atoms with Crippen LogP contribution < -0.4 is 0 Å². The molecule has 0 spiro atoms. The molecular weight excluding hydrogens is 353 g/mol. The van der Waals surface area contributed by atoms with Crippen molar-refractivity contribution in [1.82, 2.24) is 19.6 Å². The molecule has 0 fully saturated rings. The summed E-state index contributed by atoms with van der Waals surface area (Å²) in [6, 6.07) is 15.0. The van der Waals surface area contributed by atoms with E-state index in [9.17, 15) is 13.2 Å². The van der Waals surface area contributed by atoms with Gasteiger partial charge < -0.3 is 0 Å². The normalized spacial score (nSPS) is 11.7. The van der Waals surface area contributed by atoms with Gasteiger partial charge in [-0.3, -0.25) is 4.68 Å². The van der Waals surface area contributed by atoms with E-state index in [0.29, 0.717) is 5.56 Å². The molecule has 0 N–H and O–H groups in total. The van der Waals surface area contributed by atoms with Gasteiger partial charge in [0.2, 0.25) is 0 Å². The van der Waals surface area contributed by atoms with Crippen LogP contribution in [0.3, 0.4) is 0 Å². The average molecular weight is 368 g/mol. The fraction of sp³-hybridized carbons (Fsp3) is 0.100. The first-order valence-corrected chi connectivity index (χ1v) is 8.28. The Balaban J connectivity index is 1.54. The van der Waals surface area contributed by atoms with Crippen LogP contribution in [0.15, 0.2) is 79.4 Å². The number of hydrogen-bond donors (Lipinski definition) is 0. The second-order valence-corrected chi connectivity index (χ2v) is 6.13. The lowest BCUT2D eigenvalue weighted by atomic mass is 10.1. The Hall–Kier alpha value is -3.35. The van der Waals surface area contributed by atoms with Crippen LogP contribution in [0.1, 0.15) is 11.1 Å². The van der Waals surface area contributed by atoms with Crippen LogP contribution in [-0.4, -0.2) is 19.6 Å². The highest BCUT2D eigenvalue weighted by atomic mass is 19.4. The van der Waals surface area contributed by atoms with Crippen molar-refractivity contribution in [2.75, 3.05) is 0 Å². The van der Waals surface area contributed by atoms with Crippen LogP contribution in [0.25, 0.3) is 16.8 Å².